The Kier molecular flexibility index (Phi) is 8.89. The van der Waals surface area contributed by atoms with E-state index in [4.69, 9.17) is 15.0 Å². The minimum Gasteiger partial charge on any atom is -0.309 e. The van der Waals surface area contributed by atoms with E-state index in [-0.39, 0.29) is 0 Å². The predicted molar refractivity (Wildman–Crippen MR) is 300 cm³/mol. The SMILES string of the molecule is c1ccc(-c2nc(-c3ccc4c5ccccc5n(-c5ccccc5)c4c3)nc(-c3ccc(-n4c5cc6ccccc6cc5c5c6ccccc6ccc54)c4cc(-c5cccc6ccccc56)ccc34)n2)cc1. The number of nitrogens with zero attached hydrogens (tertiary/aromatic N) is 5. The van der Waals surface area contributed by atoms with E-state index in [0.717, 1.165) is 66.5 Å². The highest BCUT2D eigenvalue weighted by Gasteiger charge is 2.22. The summed E-state index contributed by atoms with van der Waals surface area (Å²) in [6, 6.07) is 89.5. The molecular formula is C67H41N5. The van der Waals surface area contributed by atoms with Gasteiger partial charge >= 0.3 is 0 Å². The number of hydrogen-bond donors (Lipinski definition) is 0. The van der Waals surface area contributed by atoms with Crippen LogP contribution >= 0.6 is 0 Å². The molecule has 3 heterocycles. The van der Waals surface area contributed by atoms with Crippen LogP contribution in [0.4, 0.5) is 0 Å². The van der Waals surface area contributed by atoms with Crippen LogP contribution in [-0.2, 0) is 0 Å². The summed E-state index contributed by atoms with van der Waals surface area (Å²) in [5.74, 6) is 1.83. The molecule has 72 heavy (non-hydrogen) atoms. The van der Waals surface area contributed by atoms with E-state index in [9.17, 15) is 0 Å². The van der Waals surface area contributed by atoms with Gasteiger partial charge in [-0.05, 0) is 109 Å². The maximum absolute atomic E-state index is 5.46. The van der Waals surface area contributed by atoms with Crippen molar-refractivity contribution in [3.05, 3.63) is 249 Å². The van der Waals surface area contributed by atoms with Crippen LogP contribution in [-0.4, -0.2) is 24.1 Å². The highest BCUT2D eigenvalue weighted by Crippen LogP contribution is 2.44. The van der Waals surface area contributed by atoms with Crippen LogP contribution in [0.2, 0.25) is 0 Å². The molecule has 0 saturated heterocycles. The summed E-state index contributed by atoms with van der Waals surface area (Å²) in [6.07, 6.45) is 0. The van der Waals surface area contributed by atoms with E-state index < -0.39 is 0 Å². The van der Waals surface area contributed by atoms with Gasteiger partial charge in [-0.25, -0.2) is 15.0 Å². The molecule has 0 aliphatic heterocycles. The molecule has 0 bridgehead atoms. The van der Waals surface area contributed by atoms with Crippen molar-refractivity contribution in [1.29, 1.82) is 0 Å². The minimum atomic E-state index is 0.608. The monoisotopic (exact) mass is 915 g/mol. The summed E-state index contributed by atoms with van der Waals surface area (Å²) in [5, 5.41) is 14.3. The van der Waals surface area contributed by atoms with Crippen LogP contribution in [0.5, 0.6) is 0 Å². The first-order chi connectivity index (χ1) is 35.7. The average molecular weight is 916 g/mol. The highest BCUT2D eigenvalue weighted by molar-refractivity contribution is 6.24. The van der Waals surface area contributed by atoms with Crippen molar-refractivity contribution in [3.63, 3.8) is 0 Å². The molecule has 5 heteroatoms. The number of hydrogen-bond acceptors (Lipinski definition) is 3. The zero-order valence-corrected chi connectivity index (χ0v) is 38.9. The van der Waals surface area contributed by atoms with Crippen molar-refractivity contribution < 1.29 is 0 Å². The second-order valence-electron chi connectivity index (χ2n) is 18.7. The first-order valence-electron chi connectivity index (χ1n) is 24.5. The van der Waals surface area contributed by atoms with E-state index in [1.165, 1.54) is 59.4 Å². The van der Waals surface area contributed by atoms with Gasteiger partial charge in [0.05, 0.1) is 27.8 Å². The normalized spacial score (nSPS) is 11.9. The summed E-state index contributed by atoms with van der Waals surface area (Å²) >= 11 is 0. The summed E-state index contributed by atoms with van der Waals surface area (Å²) < 4.78 is 4.83. The molecule has 0 unspecified atom stereocenters. The number of aromatic nitrogens is 5. The summed E-state index contributed by atoms with van der Waals surface area (Å²) in [6.45, 7) is 0. The van der Waals surface area contributed by atoms with Gasteiger partial charge in [-0.3, -0.25) is 0 Å². The lowest BCUT2D eigenvalue weighted by Gasteiger charge is -2.17. The van der Waals surface area contributed by atoms with Crippen molar-refractivity contribution >= 4 is 86.7 Å². The maximum Gasteiger partial charge on any atom is 0.164 e. The first-order valence-corrected chi connectivity index (χ1v) is 24.5. The van der Waals surface area contributed by atoms with Gasteiger partial charge in [-0.15, -0.1) is 0 Å². The zero-order valence-electron chi connectivity index (χ0n) is 38.9. The van der Waals surface area contributed by atoms with E-state index in [2.05, 4.69) is 240 Å². The zero-order chi connectivity index (χ0) is 47.3. The second kappa shape index (κ2) is 15.9. The Morgan fingerprint density at radius 2 is 0.847 bits per heavy atom. The minimum absolute atomic E-state index is 0.608. The molecule has 3 aromatic heterocycles. The first kappa shape index (κ1) is 40.2. The Morgan fingerprint density at radius 3 is 1.67 bits per heavy atom. The van der Waals surface area contributed by atoms with Crippen molar-refractivity contribution in [2.75, 3.05) is 0 Å². The average Bonchev–Trinajstić information content (AvgIpc) is 3.96. The molecule has 5 nitrogen and oxygen atoms in total. The lowest BCUT2D eigenvalue weighted by molar-refractivity contribution is 1.08. The third kappa shape index (κ3) is 6.24. The van der Waals surface area contributed by atoms with Gasteiger partial charge in [0.15, 0.2) is 17.5 Å². The Labute approximate surface area is 414 Å². The van der Waals surface area contributed by atoms with Crippen LogP contribution in [0.25, 0.3) is 143 Å². The second-order valence-corrected chi connectivity index (χ2v) is 18.7. The van der Waals surface area contributed by atoms with Gasteiger partial charge in [0.25, 0.3) is 0 Å². The van der Waals surface area contributed by atoms with Gasteiger partial charge in [0, 0.05) is 49.3 Å². The smallest absolute Gasteiger partial charge is 0.164 e. The fourth-order valence-corrected chi connectivity index (χ4v) is 11.4. The molecule has 0 aliphatic rings. The van der Waals surface area contributed by atoms with Gasteiger partial charge in [-0.1, -0.05) is 188 Å². The third-order valence-electron chi connectivity index (χ3n) is 14.7. The lowest BCUT2D eigenvalue weighted by Crippen LogP contribution is -2.02. The highest BCUT2D eigenvalue weighted by atomic mass is 15.0. The fraction of sp³-hybridized carbons (Fsp3) is 0. The number of para-hydroxylation sites is 2. The van der Waals surface area contributed by atoms with Gasteiger partial charge in [0.2, 0.25) is 0 Å². The van der Waals surface area contributed by atoms with Crippen molar-refractivity contribution in [2.45, 2.75) is 0 Å². The summed E-state index contributed by atoms with van der Waals surface area (Å²) in [5.41, 5.74) is 11.8. The van der Waals surface area contributed by atoms with E-state index in [0.29, 0.717) is 17.5 Å². The molecule has 0 saturated carbocycles. The molecule has 15 aromatic rings. The van der Waals surface area contributed by atoms with Crippen LogP contribution in [0.1, 0.15) is 0 Å². The molecular weight excluding hydrogens is 875 g/mol. The molecule has 0 atom stereocenters. The van der Waals surface area contributed by atoms with Gasteiger partial charge in [-0.2, -0.15) is 0 Å². The van der Waals surface area contributed by atoms with Crippen LogP contribution in [0.15, 0.2) is 249 Å². The Morgan fingerprint density at radius 1 is 0.250 bits per heavy atom. The van der Waals surface area contributed by atoms with Gasteiger partial charge in [0.1, 0.15) is 0 Å². The standard InChI is InChI=1S/C67H41N5/c1-3-18-44(19-4-1)65-68-66(48-31-34-55-54-27-13-14-29-59(54)71(62(55)41-48)49-23-5-2-6-24-49)70-67(69-65)56-35-37-60(57-39-47(30-33-53(56)57)51-28-15-22-42-16-9-11-25-50(42)51)72-61-36-32-43-17-10-12-26-52(43)64(61)58-38-45-20-7-8-21-46(45)40-63(58)72/h1-41H. The number of fused-ring (bicyclic) bond motifs is 11. The van der Waals surface area contributed by atoms with Crippen molar-refractivity contribution in [2.24, 2.45) is 0 Å². The number of rotatable bonds is 6. The summed E-state index contributed by atoms with van der Waals surface area (Å²) in [4.78, 5) is 16.1. The predicted octanol–water partition coefficient (Wildman–Crippen LogP) is 17.3. The van der Waals surface area contributed by atoms with E-state index >= 15 is 0 Å². The fourth-order valence-electron chi connectivity index (χ4n) is 11.4. The molecule has 0 radical (unpaired) electrons. The topological polar surface area (TPSA) is 48.5 Å². The molecule has 334 valence electrons. The van der Waals surface area contributed by atoms with Crippen molar-refractivity contribution in [3.8, 4) is 56.7 Å². The quantitative estimate of drug-likeness (QED) is 0.167. The van der Waals surface area contributed by atoms with Crippen LogP contribution in [0.3, 0.4) is 0 Å². The molecule has 0 N–H and O–H groups in total. The Bertz CT molecular complexity index is 4680. The van der Waals surface area contributed by atoms with E-state index in [1.54, 1.807) is 0 Å². The molecule has 0 fully saturated rings. The maximum atomic E-state index is 5.46. The largest absolute Gasteiger partial charge is 0.309 e. The number of benzene rings is 12. The molecule has 0 amide bonds. The molecule has 0 spiro atoms. The summed E-state index contributed by atoms with van der Waals surface area (Å²) in [7, 11) is 0. The molecule has 15 rings (SSSR count). The third-order valence-corrected chi connectivity index (χ3v) is 14.7. The van der Waals surface area contributed by atoms with Crippen LogP contribution < -0.4 is 0 Å². The van der Waals surface area contributed by atoms with Crippen LogP contribution in [0, 0.1) is 0 Å². The van der Waals surface area contributed by atoms with Crippen molar-refractivity contribution in [1.82, 2.24) is 24.1 Å². The van der Waals surface area contributed by atoms with Gasteiger partial charge < -0.3 is 9.13 Å². The lowest BCUT2D eigenvalue weighted by atomic mass is 9.94. The Balaban J connectivity index is 1.01. The molecule has 12 aromatic carbocycles. The Hall–Kier alpha value is -9.71. The molecule has 0 aliphatic carbocycles. The van der Waals surface area contributed by atoms with E-state index in [1.807, 2.05) is 18.2 Å².